The molecule has 0 fully saturated rings. The van der Waals surface area contributed by atoms with Crippen LogP contribution in [0.1, 0.15) is 99.8 Å². The first-order valence-corrected chi connectivity index (χ1v) is 10.5. The summed E-state index contributed by atoms with van der Waals surface area (Å²) in [6.07, 6.45) is 7.89. The van der Waals surface area contributed by atoms with Crippen molar-refractivity contribution >= 4 is 11.9 Å². The number of carbonyl (C=O) groups is 2. The molecule has 4 heteroatoms. The lowest BCUT2D eigenvalue weighted by atomic mass is 10.0. The molecule has 1 aromatic carbocycles. The van der Waals surface area contributed by atoms with E-state index in [0.29, 0.717) is 18.1 Å². The largest absolute Gasteiger partial charge is 0.462 e. The van der Waals surface area contributed by atoms with Crippen LogP contribution < -0.4 is 0 Å². The Labute approximate surface area is 164 Å². The van der Waals surface area contributed by atoms with Gasteiger partial charge in [0.25, 0.3) is 0 Å². The molecule has 0 amide bonds. The molecule has 0 spiro atoms. The number of carbonyl (C=O) groups excluding carboxylic acids is 2. The van der Waals surface area contributed by atoms with Gasteiger partial charge in [0.15, 0.2) is 0 Å². The van der Waals surface area contributed by atoms with E-state index in [0.717, 1.165) is 51.4 Å². The molecule has 0 unspecified atom stereocenters. The van der Waals surface area contributed by atoms with Crippen molar-refractivity contribution < 1.29 is 19.1 Å². The second-order valence-electron chi connectivity index (χ2n) is 7.14. The van der Waals surface area contributed by atoms with E-state index in [9.17, 15) is 9.59 Å². The molecule has 0 aliphatic carbocycles. The zero-order valence-electron chi connectivity index (χ0n) is 17.5. The highest BCUT2D eigenvalue weighted by Gasteiger charge is 2.22. The summed E-state index contributed by atoms with van der Waals surface area (Å²) in [6.45, 7) is 8.79. The summed E-state index contributed by atoms with van der Waals surface area (Å²) in [5.41, 5.74) is 0.581. The molecule has 0 heterocycles. The minimum Gasteiger partial charge on any atom is -0.462 e. The minimum absolute atomic E-state index is 0.111. The van der Waals surface area contributed by atoms with Gasteiger partial charge >= 0.3 is 11.9 Å². The summed E-state index contributed by atoms with van der Waals surface area (Å²) < 4.78 is 11.2. The fourth-order valence-electron chi connectivity index (χ4n) is 3.00. The second kappa shape index (κ2) is 13.3. The van der Waals surface area contributed by atoms with Crippen LogP contribution >= 0.6 is 0 Å². The molecule has 0 radical (unpaired) electrons. The standard InChI is InChI=1S/C23H36O4/c1-5-9-13-18(7-3)17-26-22(24)20-15-11-12-16-21(20)23(25)27-19(8-4)14-10-6-2/h11-12,15-16,18-19H,5-10,13-14,17H2,1-4H3/t18-,19+/m0/s1. The van der Waals surface area contributed by atoms with Crippen LogP contribution in [-0.4, -0.2) is 24.6 Å². The number of unbranched alkanes of at least 4 members (excludes halogenated alkanes) is 2. The average molecular weight is 377 g/mol. The van der Waals surface area contributed by atoms with E-state index >= 15 is 0 Å². The molecule has 0 N–H and O–H groups in total. The quantitative estimate of drug-likeness (QED) is 0.385. The Morgan fingerprint density at radius 2 is 1.44 bits per heavy atom. The van der Waals surface area contributed by atoms with Gasteiger partial charge in [-0.1, -0.05) is 71.9 Å². The predicted molar refractivity (Wildman–Crippen MR) is 109 cm³/mol. The molecule has 2 atom stereocenters. The van der Waals surface area contributed by atoms with Crippen molar-refractivity contribution in [3.05, 3.63) is 35.4 Å². The number of esters is 2. The van der Waals surface area contributed by atoms with E-state index in [2.05, 4.69) is 20.8 Å². The lowest BCUT2D eigenvalue weighted by molar-refractivity contribution is 0.0255. The summed E-state index contributed by atoms with van der Waals surface area (Å²) in [5.74, 6) is -0.519. The van der Waals surface area contributed by atoms with Gasteiger partial charge in [-0.25, -0.2) is 9.59 Å². The SMILES string of the molecule is CCCC[C@H](CC)COC(=O)c1ccccc1C(=O)O[C@H](CC)CCCC. The van der Waals surface area contributed by atoms with Gasteiger partial charge in [-0.3, -0.25) is 0 Å². The van der Waals surface area contributed by atoms with E-state index in [1.54, 1.807) is 24.3 Å². The zero-order chi connectivity index (χ0) is 20.1. The topological polar surface area (TPSA) is 52.6 Å². The van der Waals surface area contributed by atoms with Gasteiger partial charge in [0.2, 0.25) is 0 Å². The number of hydrogen-bond acceptors (Lipinski definition) is 4. The normalized spacial score (nSPS) is 13.0. The van der Waals surface area contributed by atoms with Crippen LogP contribution in [0.25, 0.3) is 0 Å². The zero-order valence-corrected chi connectivity index (χ0v) is 17.5. The van der Waals surface area contributed by atoms with Gasteiger partial charge in [0, 0.05) is 0 Å². The molecular formula is C23H36O4. The van der Waals surface area contributed by atoms with Gasteiger partial charge in [0.05, 0.1) is 17.7 Å². The summed E-state index contributed by atoms with van der Waals surface area (Å²) in [6, 6.07) is 6.77. The van der Waals surface area contributed by atoms with Crippen molar-refractivity contribution in [1.29, 1.82) is 0 Å². The summed E-state index contributed by atoms with van der Waals surface area (Å²) in [4.78, 5) is 25.2. The highest BCUT2D eigenvalue weighted by atomic mass is 16.5. The van der Waals surface area contributed by atoms with E-state index in [1.165, 1.54) is 0 Å². The Balaban J connectivity index is 2.76. The molecule has 0 saturated carbocycles. The van der Waals surface area contributed by atoms with Crippen LogP contribution in [0.4, 0.5) is 0 Å². The Morgan fingerprint density at radius 1 is 0.852 bits per heavy atom. The molecule has 0 saturated heterocycles. The highest BCUT2D eigenvalue weighted by molar-refractivity contribution is 6.03. The van der Waals surface area contributed by atoms with Gasteiger partial charge in [-0.2, -0.15) is 0 Å². The molecular weight excluding hydrogens is 340 g/mol. The van der Waals surface area contributed by atoms with Crippen molar-refractivity contribution in [2.24, 2.45) is 5.92 Å². The third-order valence-corrected chi connectivity index (χ3v) is 4.97. The van der Waals surface area contributed by atoms with Crippen LogP contribution in [0.2, 0.25) is 0 Å². The molecule has 0 bridgehead atoms. The van der Waals surface area contributed by atoms with Crippen LogP contribution in [-0.2, 0) is 9.47 Å². The van der Waals surface area contributed by atoms with Crippen LogP contribution in [0, 0.1) is 5.92 Å². The van der Waals surface area contributed by atoms with Crippen molar-refractivity contribution in [3.8, 4) is 0 Å². The maximum Gasteiger partial charge on any atom is 0.339 e. The Morgan fingerprint density at radius 3 is 2.00 bits per heavy atom. The third-order valence-electron chi connectivity index (χ3n) is 4.97. The van der Waals surface area contributed by atoms with E-state index in [1.807, 2.05) is 6.92 Å². The molecule has 1 aromatic rings. The van der Waals surface area contributed by atoms with E-state index < -0.39 is 11.9 Å². The number of benzene rings is 1. The minimum atomic E-state index is -0.445. The van der Waals surface area contributed by atoms with Crippen LogP contribution in [0.15, 0.2) is 24.3 Å². The highest BCUT2D eigenvalue weighted by Crippen LogP contribution is 2.18. The lowest BCUT2D eigenvalue weighted by Crippen LogP contribution is -2.21. The number of ether oxygens (including phenoxy) is 2. The average Bonchev–Trinajstić information content (AvgIpc) is 2.70. The smallest absolute Gasteiger partial charge is 0.339 e. The second-order valence-corrected chi connectivity index (χ2v) is 7.14. The van der Waals surface area contributed by atoms with Crippen molar-refractivity contribution in [1.82, 2.24) is 0 Å². The molecule has 0 aromatic heterocycles. The first-order chi connectivity index (χ1) is 13.1. The van der Waals surface area contributed by atoms with Crippen LogP contribution in [0.5, 0.6) is 0 Å². The van der Waals surface area contributed by atoms with Crippen molar-refractivity contribution in [3.63, 3.8) is 0 Å². The summed E-state index contributed by atoms with van der Waals surface area (Å²) in [7, 11) is 0. The molecule has 27 heavy (non-hydrogen) atoms. The fourth-order valence-corrected chi connectivity index (χ4v) is 3.00. The van der Waals surface area contributed by atoms with Gasteiger partial charge in [-0.15, -0.1) is 0 Å². The molecule has 0 aliphatic rings. The van der Waals surface area contributed by atoms with Crippen molar-refractivity contribution in [2.75, 3.05) is 6.61 Å². The monoisotopic (exact) mass is 376 g/mol. The van der Waals surface area contributed by atoms with Crippen LogP contribution in [0.3, 0.4) is 0 Å². The van der Waals surface area contributed by atoms with Crippen molar-refractivity contribution in [2.45, 2.75) is 85.2 Å². The Bertz CT molecular complexity index is 567. The predicted octanol–water partition coefficient (Wildman–Crippen LogP) is 6.19. The summed E-state index contributed by atoms with van der Waals surface area (Å²) in [5, 5.41) is 0. The Kier molecular flexibility index (Phi) is 11.5. The number of hydrogen-bond donors (Lipinski definition) is 0. The first kappa shape index (κ1) is 23.2. The fraction of sp³-hybridized carbons (Fsp3) is 0.652. The van der Waals surface area contributed by atoms with E-state index in [-0.39, 0.29) is 11.7 Å². The molecule has 152 valence electrons. The maximum atomic E-state index is 12.6. The third kappa shape index (κ3) is 8.15. The molecule has 1 rings (SSSR count). The maximum absolute atomic E-state index is 12.6. The molecule has 4 nitrogen and oxygen atoms in total. The van der Waals surface area contributed by atoms with Gasteiger partial charge < -0.3 is 9.47 Å². The van der Waals surface area contributed by atoms with Gasteiger partial charge in [0.1, 0.15) is 6.10 Å². The lowest BCUT2D eigenvalue weighted by Gasteiger charge is -2.18. The molecule has 0 aliphatic heterocycles. The van der Waals surface area contributed by atoms with Gasteiger partial charge in [-0.05, 0) is 37.3 Å². The van der Waals surface area contributed by atoms with E-state index in [4.69, 9.17) is 9.47 Å². The summed E-state index contributed by atoms with van der Waals surface area (Å²) >= 11 is 0. The first-order valence-electron chi connectivity index (χ1n) is 10.5. The Hall–Kier alpha value is -1.84. The number of rotatable bonds is 13.